The summed E-state index contributed by atoms with van der Waals surface area (Å²) in [4.78, 5) is -1.08. The van der Waals surface area contributed by atoms with Gasteiger partial charge in [0, 0.05) is 0 Å². The van der Waals surface area contributed by atoms with Gasteiger partial charge in [-0.15, -0.1) is 23.2 Å². The Morgan fingerprint density at radius 1 is 0.382 bits per heavy atom. The third kappa shape index (κ3) is 4.19. The molecule has 0 bridgehead atoms. The third-order valence-electron chi connectivity index (χ3n) is 7.63. The summed E-state index contributed by atoms with van der Waals surface area (Å²) in [5.41, 5.74) is 4.70. The first-order valence-corrected chi connectivity index (χ1v) is 13.0. The Kier molecular flexibility index (Phi) is 6.82. The first kappa shape index (κ1) is 23.2. The van der Waals surface area contributed by atoms with Crippen molar-refractivity contribution in [1.82, 2.24) is 0 Å². The lowest BCUT2D eigenvalue weighted by Crippen LogP contribution is -2.39. The Balaban J connectivity index is 1.48. The summed E-state index contributed by atoms with van der Waals surface area (Å²) in [5, 5.41) is 0. The van der Waals surface area contributed by atoms with Gasteiger partial charge in [-0.2, -0.15) is 0 Å². The van der Waals surface area contributed by atoms with Crippen molar-refractivity contribution in [2.45, 2.75) is 35.4 Å². The number of hydrogen-bond acceptors (Lipinski definition) is 0. The fraction of sp³-hybridized carbons (Fsp3) is 0.250. The van der Waals surface area contributed by atoms with Gasteiger partial charge in [0.15, 0.2) is 0 Å². The second-order valence-corrected chi connectivity index (χ2v) is 10.6. The van der Waals surface area contributed by atoms with Gasteiger partial charge in [-0.3, -0.25) is 0 Å². The van der Waals surface area contributed by atoms with Crippen LogP contribution in [0.25, 0.3) is 0 Å². The van der Waals surface area contributed by atoms with Gasteiger partial charge in [0.05, 0.1) is 9.75 Å². The average Bonchev–Trinajstić information content (AvgIpc) is 2.94. The van der Waals surface area contributed by atoms with Gasteiger partial charge >= 0.3 is 0 Å². The summed E-state index contributed by atoms with van der Waals surface area (Å²) in [6.07, 6.45) is 4.14. The zero-order valence-corrected chi connectivity index (χ0v) is 20.8. The van der Waals surface area contributed by atoms with Gasteiger partial charge in [0.1, 0.15) is 0 Å². The molecule has 0 spiro atoms. The van der Waals surface area contributed by atoms with Gasteiger partial charge < -0.3 is 0 Å². The lowest BCUT2D eigenvalue weighted by atomic mass is 9.66. The monoisotopic (exact) mass is 484 g/mol. The summed E-state index contributed by atoms with van der Waals surface area (Å²) in [7, 11) is 0. The second-order valence-electron chi connectivity index (χ2n) is 9.44. The predicted molar refractivity (Wildman–Crippen MR) is 144 cm³/mol. The van der Waals surface area contributed by atoms with E-state index < -0.39 is 9.75 Å². The Morgan fingerprint density at radius 3 is 0.794 bits per heavy atom. The molecule has 1 aliphatic carbocycles. The fourth-order valence-corrected chi connectivity index (χ4v) is 6.83. The van der Waals surface area contributed by atoms with E-state index in [4.69, 9.17) is 23.2 Å². The Bertz CT molecular complexity index is 989. The molecule has 172 valence electrons. The minimum atomic E-state index is -0.540. The molecule has 0 N–H and O–H groups in total. The van der Waals surface area contributed by atoms with Crippen LogP contribution in [0.3, 0.4) is 0 Å². The summed E-state index contributed by atoms with van der Waals surface area (Å²) < 4.78 is 0. The van der Waals surface area contributed by atoms with Gasteiger partial charge in [-0.05, 0) is 59.8 Å². The molecule has 0 nitrogen and oxygen atoms in total. The SMILES string of the molecule is ClC(c1ccccc1)(c1ccccc1)C1CCC(C(Cl)(c2ccccc2)c2ccccc2)CC1. The van der Waals surface area contributed by atoms with Crippen molar-refractivity contribution < 1.29 is 0 Å². The molecule has 0 aliphatic heterocycles. The van der Waals surface area contributed by atoms with Gasteiger partial charge in [0.25, 0.3) is 0 Å². The van der Waals surface area contributed by atoms with Crippen LogP contribution >= 0.6 is 23.2 Å². The van der Waals surface area contributed by atoms with Crippen molar-refractivity contribution in [2.75, 3.05) is 0 Å². The molecule has 34 heavy (non-hydrogen) atoms. The first-order chi connectivity index (χ1) is 16.6. The Morgan fingerprint density at radius 2 is 0.588 bits per heavy atom. The van der Waals surface area contributed by atoms with Crippen molar-refractivity contribution >= 4 is 23.2 Å². The maximum atomic E-state index is 7.63. The quantitative estimate of drug-likeness (QED) is 0.239. The molecule has 2 heteroatoms. The van der Waals surface area contributed by atoms with E-state index >= 15 is 0 Å². The lowest BCUT2D eigenvalue weighted by molar-refractivity contribution is 0.212. The molecular weight excluding hydrogens is 455 g/mol. The molecule has 0 amide bonds. The van der Waals surface area contributed by atoms with E-state index in [1.807, 2.05) is 0 Å². The van der Waals surface area contributed by atoms with Gasteiger partial charge in [0.2, 0.25) is 0 Å². The molecule has 1 fully saturated rings. The van der Waals surface area contributed by atoms with Crippen molar-refractivity contribution in [2.24, 2.45) is 11.8 Å². The average molecular weight is 485 g/mol. The largest absolute Gasteiger partial charge is 0.109 e. The van der Waals surface area contributed by atoms with E-state index in [2.05, 4.69) is 121 Å². The normalized spacial score (nSPS) is 19.0. The van der Waals surface area contributed by atoms with E-state index in [9.17, 15) is 0 Å². The highest BCUT2D eigenvalue weighted by molar-refractivity contribution is 6.26. The van der Waals surface area contributed by atoms with Crippen LogP contribution in [0, 0.1) is 11.8 Å². The van der Waals surface area contributed by atoms with Crippen molar-refractivity contribution in [3.63, 3.8) is 0 Å². The molecule has 0 atom stereocenters. The van der Waals surface area contributed by atoms with Crippen LogP contribution in [0.15, 0.2) is 121 Å². The van der Waals surface area contributed by atoms with Crippen LogP contribution in [0.4, 0.5) is 0 Å². The minimum Gasteiger partial charge on any atom is -0.109 e. The zero-order valence-electron chi connectivity index (χ0n) is 19.3. The number of rotatable bonds is 6. The molecule has 0 unspecified atom stereocenters. The maximum Gasteiger partial charge on any atom is 0.0972 e. The van der Waals surface area contributed by atoms with E-state index in [1.165, 1.54) is 22.3 Å². The van der Waals surface area contributed by atoms with Gasteiger partial charge in [-0.25, -0.2) is 0 Å². The molecule has 4 aromatic rings. The topological polar surface area (TPSA) is 0 Å². The Hall–Kier alpha value is -2.54. The number of benzene rings is 4. The van der Waals surface area contributed by atoms with Crippen molar-refractivity contribution in [3.8, 4) is 0 Å². The number of halogens is 2. The Labute approximate surface area is 213 Å². The second kappa shape index (κ2) is 9.98. The van der Waals surface area contributed by atoms with Crippen LogP contribution in [0.2, 0.25) is 0 Å². The molecule has 0 heterocycles. The maximum absolute atomic E-state index is 7.63. The predicted octanol–water partition coefficient (Wildman–Crippen LogP) is 9.16. The molecular formula is C32H30Cl2. The van der Waals surface area contributed by atoms with Crippen molar-refractivity contribution in [1.29, 1.82) is 0 Å². The smallest absolute Gasteiger partial charge is 0.0972 e. The molecule has 4 aromatic carbocycles. The zero-order chi connectivity index (χ0) is 23.4. The summed E-state index contributed by atoms with van der Waals surface area (Å²) in [6, 6.07) is 42.4. The van der Waals surface area contributed by atoms with Crippen LogP contribution < -0.4 is 0 Å². The van der Waals surface area contributed by atoms with E-state index in [0.717, 1.165) is 25.7 Å². The van der Waals surface area contributed by atoms with Gasteiger partial charge in [-0.1, -0.05) is 121 Å². The summed E-state index contributed by atoms with van der Waals surface area (Å²) in [6.45, 7) is 0. The summed E-state index contributed by atoms with van der Waals surface area (Å²) in [5.74, 6) is 0.672. The van der Waals surface area contributed by atoms with E-state index in [1.54, 1.807) is 0 Å². The molecule has 5 rings (SSSR count). The fourth-order valence-electron chi connectivity index (χ4n) is 5.89. The third-order valence-corrected chi connectivity index (χ3v) is 9.12. The molecule has 0 aromatic heterocycles. The minimum absolute atomic E-state index is 0.336. The molecule has 0 radical (unpaired) electrons. The summed E-state index contributed by atoms with van der Waals surface area (Å²) >= 11 is 15.3. The highest BCUT2D eigenvalue weighted by atomic mass is 35.5. The molecule has 1 aliphatic rings. The van der Waals surface area contributed by atoms with Crippen LogP contribution in [0.5, 0.6) is 0 Å². The molecule has 0 saturated heterocycles. The first-order valence-electron chi connectivity index (χ1n) is 12.2. The van der Waals surface area contributed by atoms with Crippen LogP contribution in [-0.4, -0.2) is 0 Å². The number of alkyl halides is 2. The van der Waals surface area contributed by atoms with Crippen molar-refractivity contribution in [3.05, 3.63) is 144 Å². The van der Waals surface area contributed by atoms with Crippen LogP contribution in [0.1, 0.15) is 47.9 Å². The number of hydrogen-bond donors (Lipinski definition) is 0. The van der Waals surface area contributed by atoms with E-state index in [-0.39, 0.29) is 0 Å². The highest BCUT2D eigenvalue weighted by Crippen LogP contribution is 2.55. The van der Waals surface area contributed by atoms with E-state index in [0.29, 0.717) is 11.8 Å². The standard InChI is InChI=1S/C32H30Cl2/c33-31(25-13-5-1-6-14-25,26-15-7-2-8-16-26)29-21-23-30(24-22-29)32(34,27-17-9-3-10-18-27)28-19-11-4-12-20-28/h1-20,29-30H,21-24H2. The van der Waals surface area contributed by atoms with Crippen LogP contribution in [-0.2, 0) is 9.75 Å². The lowest BCUT2D eigenvalue weighted by Gasteiger charge is -2.45. The highest BCUT2D eigenvalue weighted by Gasteiger charge is 2.47. The molecule has 1 saturated carbocycles.